The van der Waals surface area contributed by atoms with Gasteiger partial charge in [0.15, 0.2) is 0 Å². The minimum absolute atomic E-state index is 0.0247. The van der Waals surface area contributed by atoms with Gasteiger partial charge in [-0.25, -0.2) is 4.39 Å². The third kappa shape index (κ3) is 2.81. The molecule has 0 spiro atoms. The molecule has 0 heterocycles. The maximum absolute atomic E-state index is 13.7. The Balaban J connectivity index is 2.50. The number of rotatable bonds is 2. The van der Waals surface area contributed by atoms with Gasteiger partial charge in [-0.15, -0.1) is 0 Å². The van der Waals surface area contributed by atoms with E-state index >= 15 is 0 Å². The standard InChI is InChI=1S/C14H8F4O/c15-13-6-9(8-19)4-5-12(13)10-2-1-3-11(7-10)14(16,17)18/h1-8H. The van der Waals surface area contributed by atoms with Gasteiger partial charge in [0, 0.05) is 11.1 Å². The minimum atomic E-state index is -4.48. The highest BCUT2D eigenvalue weighted by Gasteiger charge is 2.30. The quantitative estimate of drug-likeness (QED) is 0.585. The van der Waals surface area contributed by atoms with E-state index < -0.39 is 17.6 Å². The third-order valence-corrected chi connectivity index (χ3v) is 2.63. The summed E-state index contributed by atoms with van der Waals surface area (Å²) in [4.78, 5) is 10.5. The first-order valence-electron chi connectivity index (χ1n) is 5.34. The third-order valence-electron chi connectivity index (χ3n) is 2.63. The maximum atomic E-state index is 13.7. The summed E-state index contributed by atoms with van der Waals surface area (Å²) >= 11 is 0. The lowest BCUT2D eigenvalue weighted by Crippen LogP contribution is -2.04. The lowest BCUT2D eigenvalue weighted by atomic mass is 10.0. The Labute approximate surface area is 106 Å². The molecule has 2 rings (SSSR count). The van der Waals surface area contributed by atoms with Gasteiger partial charge in [0.25, 0.3) is 0 Å². The zero-order valence-electron chi connectivity index (χ0n) is 9.54. The van der Waals surface area contributed by atoms with E-state index in [1.165, 1.54) is 24.3 Å². The van der Waals surface area contributed by atoms with Crippen molar-refractivity contribution in [2.24, 2.45) is 0 Å². The number of benzene rings is 2. The Morgan fingerprint density at radius 2 is 1.74 bits per heavy atom. The monoisotopic (exact) mass is 268 g/mol. The van der Waals surface area contributed by atoms with Crippen molar-refractivity contribution in [1.29, 1.82) is 0 Å². The van der Waals surface area contributed by atoms with Crippen LogP contribution < -0.4 is 0 Å². The normalized spacial score (nSPS) is 11.4. The molecule has 0 saturated heterocycles. The molecule has 0 aliphatic heterocycles. The number of carbonyl (C=O) groups is 1. The van der Waals surface area contributed by atoms with Gasteiger partial charge in [-0.1, -0.05) is 24.3 Å². The second-order valence-corrected chi connectivity index (χ2v) is 3.94. The predicted octanol–water partition coefficient (Wildman–Crippen LogP) is 4.32. The van der Waals surface area contributed by atoms with Crippen molar-refractivity contribution in [2.75, 3.05) is 0 Å². The van der Waals surface area contributed by atoms with E-state index in [1.54, 1.807) is 0 Å². The molecule has 0 atom stereocenters. The van der Waals surface area contributed by atoms with E-state index in [2.05, 4.69) is 0 Å². The number of carbonyl (C=O) groups excluding carboxylic acids is 1. The first-order valence-corrected chi connectivity index (χ1v) is 5.34. The predicted molar refractivity (Wildman–Crippen MR) is 62.2 cm³/mol. The maximum Gasteiger partial charge on any atom is 0.416 e. The highest BCUT2D eigenvalue weighted by atomic mass is 19.4. The Hall–Kier alpha value is -2.17. The van der Waals surface area contributed by atoms with Gasteiger partial charge in [0.2, 0.25) is 0 Å². The van der Waals surface area contributed by atoms with E-state index in [9.17, 15) is 22.4 Å². The first kappa shape index (κ1) is 13.3. The average molecular weight is 268 g/mol. The SMILES string of the molecule is O=Cc1ccc(-c2cccc(C(F)(F)F)c2)c(F)c1. The molecule has 0 unspecified atom stereocenters. The molecule has 0 amide bonds. The van der Waals surface area contributed by atoms with Crippen LogP contribution in [0, 0.1) is 5.82 Å². The molecule has 98 valence electrons. The molecule has 2 aromatic carbocycles. The summed E-state index contributed by atoms with van der Waals surface area (Å²) in [5.41, 5.74) is -0.571. The molecular weight excluding hydrogens is 260 g/mol. The van der Waals surface area contributed by atoms with Gasteiger partial charge in [0.1, 0.15) is 12.1 Å². The van der Waals surface area contributed by atoms with Crippen molar-refractivity contribution < 1.29 is 22.4 Å². The summed E-state index contributed by atoms with van der Waals surface area (Å²) in [7, 11) is 0. The van der Waals surface area contributed by atoms with E-state index in [1.807, 2.05) is 0 Å². The fourth-order valence-electron chi connectivity index (χ4n) is 1.70. The topological polar surface area (TPSA) is 17.1 Å². The van der Waals surface area contributed by atoms with Gasteiger partial charge in [-0.3, -0.25) is 4.79 Å². The fourth-order valence-corrected chi connectivity index (χ4v) is 1.70. The second-order valence-electron chi connectivity index (χ2n) is 3.94. The van der Waals surface area contributed by atoms with E-state index in [0.717, 1.165) is 18.2 Å². The molecule has 0 bridgehead atoms. The summed E-state index contributed by atoms with van der Waals surface area (Å²) in [6, 6.07) is 8.02. The van der Waals surface area contributed by atoms with Crippen LogP contribution in [0.5, 0.6) is 0 Å². The summed E-state index contributed by atoms with van der Waals surface area (Å²) < 4.78 is 51.4. The molecule has 0 radical (unpaired) electrons. The van der Waals surface area contributed by atoms with Crippen molar-refractivity contribution >= 4 is 6.29 Å². The summed E-state index contributed by atoms with van der Waals surface area (Å²) in [6.45, 7) is 0. The van der Waals surface area contributed by atoms with Crippen LogP contribution in [0.3, 0.4) is 0 Å². The molecule has 2 aromatic rings. The van der Waals surface area contributed by atoms with Crippen molar-refractivity contribution in [2.45, 2.75) is 6.18 Å². The Kier molecular flexibility index (Phi) is 3.38. The van der Waals surface area contributed by atoms with Crippen molar-refractivity contribution in [3.05, 3.63) is 59.4 Å². The molecule has 0 aliphatic rings. The smallest absolute Gasteiger partial charge is 0.298 e. The molecule has 0 N–H and O–H groups in total. The Bertz CT molecular complexity index is 617. The molecule has 0 aromatic heterocycles. The molecule has 5 heteroatoms. The molecule has 0 saturated carbocycles. The van der Waals surface area contributed by atoms with Crippen LogP contribution in [0.15, 0.2) is 42.5 Å². The highest BCUT2D eigenvalue weighted by molar-refractivity contribution is 5.77. The van der Waals surface area contributed by atoms with Gasteiger partial charge in [-0.05, 0) is 23.8 Å². The molecule has 19 heavy (non-hydrogen) atoms. The Morgan fingerprint density at radius 1 is 1.00 bits per heavy atom. The van der Waals surface area contributed by atoms with Crippen molar-refractivity contribution in [1.82, 2.24) is 0 Å². The zero-order valence-corrected chi connectivity index (χ0v) is 9.54. The molecule has 0 fully saturated rings. The van der Waals surface area contributed by atoms with Gasteiger partial charge >= 0.3 is 6.18 Å². The summed E-state index contributed by atoms with van der Waals surface area (Å²) in [5, 5.41) is 0. The lowest BCUT2D eigenvalue weighted by Gasteiger charge is -2.09. The molecule has 1 nitrogen and oxygen atoms in total. The zero-order chi connectivity index (χ0) is 14.0. The molecular formula is C14H8F4O. The first-order chi connectivity index (χ1) is 8.91. The van der Waals surface area contributed by atoms with Crippen LogP contribution in [-0.4, -0.2) is 6.29 Å². The highest BCUT2D eigenvalue weighted by Crippen LogP contribution is 2.32. The van der Waals surface area contributed by atoms with Crippen LogP contribution in [0.4, 0.5) is 17.6 Å². The minimum Gasteiger partial charge on any atom is -0.298 e. The Morgan fingerprint density at radius 3 is 2.32 bits per heavy atom. The number of hydrogen-bond donors (Lipinski definition) is 0. The summed E-state index contributed by atoms with van der Waals surface area (Å²) in [5.74, 6) is -0.732. The van der Waals surface area contributed by atoms with E-state index in [-0.39, 0.29) is 16.7 Å². The van der Waals surface area contributed by atoms with Crippen LogP contribution in [0.25, 0.3) is 11.1 Å². The van der Waals surface area contributed by atoms with Crippen molar-refractivity contribution in [3.63, 3.8) is 0 Å². The van der Waals surface area contributed by atoms with Gasteiger partial charge in [0.05, 0.1) is 5.56 Å². The van der Waals surface area contributed by atoms with Crippen LogP contribution >= 0.6 is 0 Å². The van der Waals surface area contributed by atoms with E-state index in [4.69, 9.17) is 0 Å². The molecule has 0 aliphatic carbocycles. The number of alkyl halides is 3. The number of halogens is 4. The van der Waals surface area contributed by atoms with Gasteiger partial charge < -0.3 is 0 Å². The van der Waals surface area contributed by atoms with Crippen LogP contribution in [0.2, 0.25) is 0 Å². The fraction of sp³-hybridized carbons (Fsp3) is 0.0714. The number of aldehydes is 1. The largest absolute Gasteiger partial charge is 0.416 e. The van der Waals surface area contributed by atoms with Crippen LogP contribution in [-0.2, 0) is 6.18 Å². The average Bonchev–Trinajstić information content (AvgIpc) is 2.37. The lowest BCUT2D eigenvalue weighted by molar-refractivity contribution is -0.137. The second kappa shape index (κ2) is 4.84. The number of hydrogen-bond acceptors (Lipinski definition) is 1. The van der Waals surface area contributed by atoms with Crippen LogP contribution in [0.1, 0.15) is 15.9 Å². The summed E-state index contributed by atoms with van der Waals surface area (Å²) in [6.07, 6.45) is -4.01. The van der Waals surface area contributed by atoms with Gasteiger partial charge in [-0.2, -0.15) is 13.2 Å². The van der Waals surface area contributed by atoms with Crippen molar-refractivity contribution in [3.8, 4) is 11.1 Å². The van der Waals surface area contributed by atoms with E-state index in [0.29, 0.717) is 6.29 Å².